The van der Waals surface area contributed by atoms with Crippen molar-refractivity contribution < 1.29 is 23.5 Å². The van der Waals surface area contributed by atoms with Crippen LogP contribution in [0, 0.1) is 0 Å². The van der Waals surface area contributed by atoms with Crippen LogP contribution in [-0.4, -0.2) is 21.0 Å². The lowest BCUT2D eigenvalue weighted by atomic mass is 9.89. The zero-order chi connectivity index (χ0) is 20.7. The van der Waals surface area contributed by atoms with Gasteiger partial charge in [0.25, 0.3) is 0 Å². The van der Waals surface area contributed by atoms with E-state index in [-0.39, 0.29) is 0 Å². The first-order chi connectivity index (χ1) is 14.7. The summed E-state index contributed by atoms with van der Waals surface area (Å²) in [6.45, 7) is 3.48. The van der Waals surface area contributed by atoms with Gasteiger partial charge in [-0.1, -0.05) is 19.8 Å². The topological polar surface area (TPSA) is 40.8 Å². The van der Waals surface area contributed by atoms with Gasteiger partial charge in [-0.25, -0.2) is 0 Å². The normalized spacial score (nSPS) is 13.8. The Morgan fingerprint density at radius 3 is 2.60 bits per heavy atom. The van der Waals surface area contributed by atoms with E-state index in [1.54, 1.807) is 14.2 Å². The fraction of sp³-hybridized carbons (Fsp3) is 0.400. The number of benzene rings is 2. The molecule has 30 heavy (non-hydrogen) atoms. The monoisotopic (exact) mass is 406 g/mol. The number of rotatable bonds is 6. The lowest BCUT2D eigenvalue weighted by molar-refractivity contribution is -0.686. The van der Waals surface area contributed by atoms with Gasteiger partial charge in [0, 0.05) is 17.4 Å². The van der Waals surface area contributed by atoms with Gasteiger partial charge in [0.15, 0.2) is 35.7 Å². The van der Waals surface area contributed by atoms with Crippen LogP contribution in [0.4, 0.5) is 0 Å². The number of ether oxygens (including phenoxy) is 4. The van der Waals surface area contributed by atoms with E-state index < -0.39 is 0 Å². The van der Waals surface area contributed by atoms with Crippen LogP contribution in [0.3, 0.4) is 0 Å². The minimum absolute atomic E-state index is 0.302. The second kappa shape index (κ2) is 7.71. The maximum Gasteiger partial charge on any atom is 0.231 e. The number of nitrogens with zero attached hydrogens (tertiary/aromatic N) is 1. The Balaban J connectivity index is 1.78. The predicted octanol–water partition coefficient (Wildman–Crippen LogP) is 4.83. The fourth-order valence-corrected chi connectivity index (χ4v) is 4.81. The van der Waals surface area contributed by atoms with E-state index in [1.165, 1.54) is 40.6 Å². The van der Waals surface area contributed by atoms with Gasteiger partial charge < -0.3 is 18.9 Å². The van der Waals surface area contributed by atoms with Crippen molar-refractivity contribution in [2.45, 2.75) is 45.6 Å². The van der Waals surface area contributed by atoms with Crippen LogP contribution in [0.15, 0.2) is 30.5 Å². The molecule has 0 aliphatic carbocycles. The summed E-state index contributed by atoms with van der Waals surface area (Å²) in [6, 6.07) is 8.53. The van der Waals surface area contributed by atoms with Gasteiger partial charge in [0.1, 0.15) is 0 Å². The molecule has 5 nitrogen and oxygen atoms in total. The molecule has 0 saturated carbocycles. The van der Waals surface area contributed by atoms with E-state index in [0.717, 1.165) is 54.2 Å². The van der Waals surface area contributed by atoms with Gasteiger partial charge in [-0.05, 0) is 42.7 Å². The Bertz CT molecular complexity index is 1120. The van der Waals surface area contributed by atoms with E-state index in [4.69, 9.17) is 18.9 Å². The number of hydrogen-bond donors (Lipinski definition) is 0. The van der Waals surface area contributed by atoms with Gasteiger partial charge in [0.2, 0.25) is 12.5 Å². The van der Waals surface area contributed by atoms with Crippen LogP contribution in [0.25, 0.3) is 22.0 Å². The highest BCUT2D eigenvalue weighted by Crippen LogP contribution is 2.43. The molecule has 0 N–H and O–H groups in total. The number of hydrogen-bond acceptors (Lipinski definition) is 4. The van der Waals surface area contributed by atoms with Crippen LogP contribution in [0.2, 0.25) is 0 Å². The van der Waals surface area contributed by atoms with Crippen LogP contribution < -0.4 is 23.5 Å². The largest absolute Gasteiger partial charge is 0.493 e. The van der Waals surface area contributed by atoms with Crippen molar-refractivity contribution in [1.29, 1.82) is 0 Å². The minimum atomic E-state index is 0.302. The molecule has 0 saturated heterocycles. The van der Waals surface area contributed by atoms with Crippen LogP contribution in [0.1, 0.15) is 37.3 Å². The average Bonchev–Trinajstić information content (AvgIpc) is 3.23. The van der Waals surface area contributed by atoms with Crippen molar-refractivity contribution in [2.24, 2.45) is 0 Å². The lowest BCUT2D eigenvalue weighted by Crippen LogP contribution is -2.41. The molecule has 0 amide bonds. The molecule has 3 heterocycles. The van der Waals surface area contributed by atoms with E-state index in [0.29, 0.717) is 6.79 Å². The van der Waals surface area contributed by atoms with Crippen molar-refractivity contribution in [1.82, 2.24) is 0 Å². The van der Waals surface area contributed by atoms with Gasteiger partial charge in [0.05, 0.1) is 25.2 Å². The Morgan fingerprint density at radius 2 is 1.83 bits per heavy atom. The third kappa shape index (κ3) is 2.95. The van der Waals surface area contributed by atoms with E-state index in [2.05, 4.69) is 35.9 Å². The number of aryl methyl sites for hydroxylation is 3. The summed E-state index contributed by atoms with van der Waals surface area (Å²) in [6.07, 6.45) is 7.81. The summed E-state index contributed by atoms with van der Waals surface area (Å²) in [7, 11) is 3.41. The molecule has 0 bridgehead atoms. The van der Waals surface area contributed by atoms with Crippen molar-refractivity contribution in [2.75, 3.05) is 21.0 Å². The minimum Gasteiger partial charge on any atom is -0.493 e. The second-order valence-corrected chi connectivity index (χ2v) is 7.98. The van der Waals surface area contributed by atoms with Crippen molar-refractivity contribution in [3.05, 3.63) is 41.6 Å². The summed E-state index contributed by atoms with van der Waals surface area (Å²) >= 11 is 0. The number of fused-ring (bicyclic) bond motifs is 5. The van der Waals surface area contributed by atoms with E-state index in [9.17, 15) is 0 Å². The number of pyridine rings is 1. The molecule has 0 spiro atoms. The predicted molar refractivity (Wildman–Crippen MR) is 116 cm³/mol. The van der Waals surface area contributed by atoms with Crippen LogP contribution in [0.5, 0.6) is 23.0 Å². The summed E-state index contributed by atoms with van der Waals surface area (Å²) in [5.41, 5.74) is 5.26. The van der Waals surface area contributed by atoms with Gasteiger partial charge in [-0.15, -0.1) is 0 Å². The van der Waals surface area contributed by atoms with Crippen molar-refractivity contribution in [3.8, 4) is 34.3 Å². The SMILES string of the molecule is CCCCCc1c2[n+](cc3c(OC)c(OC)ccc13)CCc1cc3c(cc1-2)OCO3. The Kier molecular flexibility index (Phi) is 4.89. The van der Waals surface area contributed by atoms with E-state index >= 15 is 0 Å². The van der Waals surface area contributed by atoms with Crippen molar-refractivity contribution >= 4 is 10.8 Å². The Hall–Kier alpha value is -2.95. The van der Waals surface area contributed by atoms with Crippen LogP contribution >= 0.6 is 0 Å². The molecule has 2 aliphatic rings. The highest BCUT2D eigenvalue weighted by atomic mass is 16.7. The lowest BCUT2D eigenvalue weighted by Gasteiger charge is -2.21. The molecular weight excluding hydrogens is 378 g/mol. The molecule has 5 rings (SSSR count). The smallest absolute Gasteiger partial charge is 0.231 e. The fourth-order valence-electron chi connectivity index (χ4n) is 4.81. The number of unbranched alkanes of at least 4 members (excludes halogenated alkanes) is 2. The zero-order valence-electron chi connectivity index (χ0n) is 17.9. The van der Waals surface area contributed by atoms with Gasteiger partial charge >= 0.3 is 0 Å². The Morgan fingerprint density at radius 1 is 1.00 bits per heavy atom. The zero-order valence-corrected chi connectivity index (χ0v) is 17.9. The summed E-state index contributed by atoms with van der Waals surface area (Å²) < 4.78 is 25.1. The van der Waals surface area contributed by atoms with Gasteiger partial charge in [-0.3, -0.25) is 0 Å². The highest BCUT2D eigenvalue weighted by Gasteiger charge is 2.32. The molecule has 0 unspecified atom stereocenters. The molecule has 2 aromatic carbocycles. The highest BCUT2D eigenvalue weighted by molar-refractivity contribution is 5.95. The Labute approximate surface area is 177 Å². The maximum atomic E-state index is 5.78. The number of aromatic nitrogens is 1. The quantitative estimate of drug-likeness (QED) is 0.434. The summed E-state index contributed by atoms with van der Waals surface area (Å²) in [5, 5.41) is 2.34. The first-order valence-electron chi connectivity index (χ1n) is 10.8. The molecule has 0 radical (unpaired) electrons. The molecule has 1 aromatic heterocycles. The average molecular weight is 407 g/mol. The standard InChI is InChI=1S/C25H28NO4/c1-4-5-6-7-18-17-8-9-21(27-2)25(28-3)20(17)14-26-11-10-16-12-22-23(30-15-29-22)13-19(16)24(18)26/h8-9,12-14H,4-7,10-11,15H2,1-3H3/q+1. The molecule has 156 valence electrons. The maximum absolute atomic E-state index is 5.78. The first kappa shape index (κ1) is 19.0. The van der Waals surface area contributed by atoms with Crippen molar-refractivity contribution in [3.63, 3.8) is 0 Å². The molecule has 5 heteroatoms. The summed E-state index contributed by atoms with van der Waals surface area (Å²) in [4.78, 5) is 0. The summed E-state index contributed by atoms with van der Waals surface area (Å²) in [5.74, 6) is 3.28. The molecule has 0 fully saturated rings. The third-order valence-electron chi connectivity index (χ3n) is 6.27. The first-order valence-corrected chi connectivity index (χ1v) is 10.8. The number of methoxy groups -OCH3 is 2. The second-order valence-electron chi connectivity index (χ2n) is 7.98. The van der Waals surface area contributed by atoms with Crippen LogP contribution in [-0.2, 0) is 19.4 Å². The molecule has 2 aliphatic heterocycles. The third-order valence-corrected chi connectivity index (χ3v) is 6.27. The molecule has 0 atom stereocenters. The van der Waals surface area contributed by atoms with Gasteiger partial charge in [-0.2, -0.15) is 4.57 Å². The van der Waals surface area contributed by atoms with E-state index in [1.807, 2.05) is 6.07 Å². The molecular formula is C25H28NO4+. The molecule has 3 aromatic rings.